The lowest BCUT2D eigenvalue weighted by Crippen LogP contribution is -2.30. The molecule has 134 valence electrons. The Hall–Kier alpha value is -2.12. The van der Waals surface area contributed by atoms with Gasteiger partial charge < -0.3 is 5.32 Å². The predicted molar refractivity (Wildman–Crippen MR) is 87.8 cm³/mol. The lowest BCUT2D eigenvalue weighted by Gasteiger charge is -2.17. The van der Waals surface area contributed by atoms with Crippen LogP contribution in [-0.4, -0.2) is 24.4 Å². The zero-order valence-corrected chi connectivity index (χ0v) is 14.0. The summed E-state index contributed by atoms with van der Waals surface area (Å²) < 4.78 is 51.8. The Kier molecular flexibility index (Phi) is 6.02. The Labute approximate surface area is 147 Å². The molecule has 1 N–H and O–H groups in total. The van der Waals surface area contributed by atoms with Crippen molar-refractivity contribution in [3.8, 4) is 0 Å². The van der Waals surface area contributed by atoms with Crippen LogP contribution in [-0.2, 0) is 17.5 Å². The molecule has 0 aliphatic carbocycles. The first-order chi connectivity index (χ1) is 11.7. The maximum atomic E-state index is 13.6. The molecule has 0 aliphatic heterocycles. The monoisotopic (exact) mass is 374 g/mol. The van der Waals surface area contributed by atoms with Gasteiger partial charge in [0.1, 0.15) is 5.82 Å². The van der Waals surface area contributed by atoms with Crippen LogP contribution >= 0.6 is 11.6 Å². The first-order valence-corrected chi connectivity index (χ1v) is 7.63. The van der Waals surface area contributed by atoms with Gasteiger partial charge in [-0.15, -0.1) is 0 Å². The fourth-order valence-corrected chi connectivity index (χ4v) is 2.37. The van der Waals surface area contributed by atoms with Crippen molar-refractivity contribution >= 4 is 23.2 Å². The minimum atomic E-state index is -4.54. The maximum absolute atomic E-state index is 13.6. The molecule has 0 saturated heterocycles. The van der Waals surface area contributed by atoms with Crippen molar-refractivity contribution in [2.24, 2.45) is 0 Å². The highest BCUT2D eigenvalue weighted by atomic mass is 35.5. The van der Waals surface area contributed by atoms with Gasteiger partial charge in [0.15, 0.2) is 0 Å². The van der Waals surface area contributed by atoms with E-state index in [0.29, 0.717) is 5.56 Å². The minimum Gasteiger partial charge on any atom is -0.324 e. The Morgan fingerprint density at radius 1 is 1.20 bits per heavy atom. The number of carbonyl (C=O) groups is 1. The normalized spacial score (nSPS) is 11.6. The third kappa shape index (κ3) is 5.44. The average Bonchev–Trinajstić information content (AvgIpc) is 2.50. The van der Waals surface area contributed by atoms with Gasteiger partial charge in [-0.3, -0.25) is 9.69 Å². The highest BCUT2D eigenvalue weighted by molar-refractivity contribution is 6.33. The molecule has 0 saturated carbocycles. The predicted octanol–water partition coefficient (Wildman–Crippen LogP) is 4.57. The van der Waals surface area contributed by atoms with E-state index >= 15 is 0 Å². The largest absolute Gasteiger partial charge is 0.416 e. The molecule has 8 heteroatoms. The van der Waals surface area contributed by atoms with E-state index in [4.69, 9.17) is 11.6 Å². The molecule has 0 unspecified atom stereocenters. The molecule has 1 amide bonds. The molecular weight excluding hydrogens is 360 g/mol. The van der Waals surface area contributed by atoms with Crippen LogP contribution in [0, 0.1) is 5.82 Å². The van der Waals surface area contributed by atoms with Crippen molar-refractivity contribution in [2.75, 3.05) is 18.9 Å². The van der Waals surface area contributed by atoms with Crippen molar-refractivity contribution in [2.45, 2.75) is 12.7 Å². The fourth-order valence-electron chi connectivity index (χ4n) is 2.21. The molecule has 0 bridgehead atoms. The van der Waals surface area contributed by atoms with Crippen LogP contribution in [0.15, 0.2) is 42.5 Å². The first kappa shape index (κ1) is 19.2. The van der Waals surface area contributed by atoms with E-state index in [-0.39, 0.29) is 23.8 Å². The van der Waals surface area contributed by atoms with E-state index < -0.39 is 23.5 Å². The van der Waals surface area contributed by atoms with E-state index in [0.717, 1.165) is 18.2 Å². The SMILES string of the molecule is CN(CC(=O)Nc1cc(C(F)(F)F)ccc1Cl)Cc1ccccc1F. The van der Waals surface area contributed by atoms with Gasteiger partial charge >= 0.3 is 6.18 Å². The van der Waals surface area contributed by atoms with Gasteiger partial charge in [-0.25, -0.2) is 4.39 Å². The number of halogens is 5. The number of benzene rings is 2. The zero-order chi connectivity index (χ0) is 18.6. The van der Waals surface area contributed by atoms with Gasteiger partial charge in [0.25, 0.3) is 0 Å². The van der Waals surface area contributed by atoms with Crippen LogP contribution < -0.4 is 5.32 Å². The second kappa shape index (κ2) is 7.84. The molecule has 0 heterocycles. The third-order valence-electron chi connectivity index (χ3n) is 3.38. The van der Waals surface area contributed by atoms with Crippen molar-refractivity contribution in [1.29, 1.82) is 0 Å². The summed E-state index contributed by atoms with van der Waals surface area (Å²) in [6.07, 6.45) is -4.54. The molecule has 0 spiro atoms. The number of carbonyl (C=O) groups excluding carboxylic acids is 1. The molecule has 2 aromatic rings. The molecule has 0 radical (unpaired) electrons. The van der Waals surface area contributed by atoms with E-state index in [2.05, 4.69) is 5.32 Å². The fraction of sp³-hybridized carbons (Fsp3) is 0.235. The van der Waals surface area contributed by atoms with Crippen molar-refractivity contribution in [1.82, 2.24) is 4.90 Å². The molecule has 0 aliphatic rings. The van der Waals surface area contributed by atoms with Crippen LogP contribution in [0.5, 0.6) is 0 Å². The lowest BCUT2D eigenvalue weighted by molar-refractivity contribution is -0.137. The van der Waals surface area contributed by atoms with Crippen LogP contribution in [0.2, 0.25) is 5.02 Å². The third-order valence-corrected chi connectivity index (χ3v) is 3.71. The highest BCUT2D eigenvalue weighted by Crippen LogP contribution is 2.33. The van der Waals surface area contributed by atoms with Crippen LogP contribution in [0.1, 0.15) is 11.1 Å². The second-order valence-electron chi connectivity index (χ2n) is 5.50. The van der Waals surface area contributed by atoms with Gasteiger partial charge in [0.2, 0.25) is 5.91 Å². The number of rotatable bonds is 5. The summed E-state index contributed by atoms with van der Waals surface area (Å²) in [6.45, 7) is 0.0390. The smallest absolute Gasteiger partial charge is 0.324 e. The Morgan fingerprint density at radius 2 is 1.88 bits per heavy atom. The summed E-state index contributed by atoms with van der Waals surface area (Å²) in [5, 5.41) is 2.35. The number of alkyl halides is 3. The summed E-state index contributed by atoms with van der Waals surface area (Å²) in [7, 11) is 1.60. The van der Waals surface area contributed by atoms with Crippen LogP contribution in [0.4, 0.5) is 23.2 Å². The van der Waals surface area contributed by atoms with Gasteiger partial charge in [0, 0.05) is 12.1 Å². The second-order valence-corrected chi connectivity index (χ2v) is 5.91. The number of hydrogen-bond acceptors (Lipinski definition) is 2. The number of likely N-dealkylation sites (N-methyl/N-ethyl adjacent to an activating group) is 1. The van der Waals surface area contributed by atoms with Crippen LogP contribution in [0.25, 0.3) is 0 Å². The molecular formula is C17H15ClF4N2O. The molecule has 0 aromatic heterocycles. The Balaban J connectivity index is 2.01. The number of anilines is 1. The topological polar surface area (TPSA) is 32.3 Å². The van der Waals surface area contributed by atoms with Gasteiger partial charge in [-0.2, -0.15) is 13.2 Å². The molecule has 3 nitrogen and oxygen atoms in total. The van der Waals surface area contributed by atoms with E-state index in [1.807, 2.05) is 0 Å². The number of hydrogen-bond donors (Lipinski definition) is 1. The van der Waals surface area contributed by atoms with E-state index in [9.17, 15) is 22.4 Å². The van der Waals surface area contributed by atoms with E-state index in [1.54, 1.807) is 25.2 Å². The molecule has 25 heavy (non-hydrogen) atoms. The number of nitrogens with zero attached hydrogens (tertiary/aromatic N) is 1. The first-order valence-electron chi connectivity index (χ1n) is 7.25. The van der Waals surface area contributed by atoms with Crippen molar-refractivity contribution in [3.63, 3.8) is 0 Å². The zero-order valence-electron chi connectivity index (χ0n) is 13.2. The minimum absolute atomic E-state index is 0.00175. The quantitative estimate of drug-likeness (QED) is 0.778. The Bertz CT molecular complexity index is 765. The summed E-state index contributed by atoms with van der Waals surface area (Å²) >= 11 is 5.83. The van der Waals surface area contributed by atoms with Gasteiger partial charge in [-0.1, -0.05) is 29.8 Å². The number of nitrogens with one attached hydrogen (secondary N) is 1. The van der Waals surface area contributed by atoms with Crippen molar-refractivity contribution < 1.29 is 22.4 Å². The summed E-state index contributed by atoms with van der Waals surface area (Å²) in [4.78, 5) is 13.6. The van der Waals surface area contributed by atoms with Gasteiger partial charge in [-0.05, 0) is 31.3 Å². The summed E-state index contributed by atoms with van der Waals surface area (Å²) in [5.74, 6) is -0.948. The maximum Gasteiger partial charge on any atom is 0.416 e. The standard InChI is InChI=1S/C17H15ClF4N2O/c1-24(9-11-4-2-3-5-14(11)19)10-16(25)23-15-8-12(17(20,21)22)6-7-13(15)18/h2-8H,9-10H2,1H3,(H,23,25). The van der Waals surface area contributed by atoms with E-state index in [1.165, 1.54) is 11.0 Å². The average molecular weight is 375 g/mol. The molecule has 0 fully saturated rings. The van der Waals surface area contributed by atoms with Gasteiger partial charge in [0.05, 0.1) is 22.8 Å². The summed E-state index contributed by atoms with van der Waals surface area (Å²) in [6, 6.07) is 8.82. The molecule has 2 aromatic carbocycles. The molecule has 0 atom stereocenters. The van der Waals surface area contributed by atoms with Crippen molar-refractivity contribution in [3.05, 3.63) is 64.4 Å². The van der Waals surface area contributed by atoms with Crippen LogP contribution in [0.3, 0.4) is 0 Å². The number of amides is 1. The Morgan fingerprint density at radius 3 is 2.52 bits per heavy atom. The highest BCUT2D eigenvalue weighted by Gasteiger charge is 2.31. The molecule has 2 rings (SSSR count). The lowest BCUT2D eigenvalue weighted by atomic mass is 10.2. The summed E-state index contributed by atoms with van der Waals surface area (Å²) in [5.41, 5.74) is -0.623.